The molecule has 2 aromatic rings. The third kappa shape index (κ3) is 4.63. The lowest BCUT2D eigenvalue weighted by Gasteiger charge is -2.33. The number of carbonyl (C=O) groups is 2. The number of ether oxygens (including phenoxy) is 1. The maximum Gasteiger partial charge on any atom is 0.260 e. The van der Waals surface area contributed by atoms with Gasteiger partial charge < -0.3 is 15.0 Å². The van der Waals surface area contributed by atoms with Crippen molar-refractivity contribution in [2.45, 2.75) is 32.2 Å². The monoisotopic (exact) mass is 352 g/mol. The molecule has 5 heteroatoms. The summed E-state index contributed by atoms with van der Waals surface area (Å²) in [7, 11) is 0. The number of hydrogen-bond acceptors (Lipinski definition) is 3. The van der Waals surface area contributed by atoms with Crippen molar-refractivity contribution >= 4 is 17.5 Å². The van der Waals surface area contributed by atoms with Gasteiger partial charge in [-0.1, -0.05) is 18.2 Å². The van der Waals surface area contributed by atoms with Crippen molar-refractivity contribution in [3.05, 3.63) is 60.2 Å². The van der Waals surface area contributed by atoms with Gasteiger partial charge in [-0.05, 0) is 62.6 Å². The maximum absolute atomic E-state index is 12.3. The van der Waals surface area contributed by atoms with Gasteiger partial charge in [0, 0.05) is 23.8 Å². The van der Waals surface area contributed by atoms with Crippen LogP contribution in [-0.4, -0.2) is 35.9 Å². The molecule has 1 heterocycles. The molecule has 0 aliphatic carbocycles. The van der Waals surface area contributed by atoms with E-state index < -0.39 is 0 Å². The van der Waals surface area contributed by atoms with Crippen LogP contribution in [0.3, 0.4) is 0 Å². The molecule has 0 aromatic heterocycles. The highest BCUT2D eigenvalue weighted by atomic mass is 16.5. The van der Waals surface area contributed by atoms with Crippen LogP contribution in [0.15, 0.2) is 54.6 Å². The largest absolute Gasteiger partial charge is 0.484 e. The Morgan fingerprint density at radius 2 is 1.81 bits per heavy atom. The van der Waals surface area contributed by atoms with E-state index in [2.05, 4.69) is 12.2 Å². The summed E-state index contributed by atoms with van der Waals surface area (Å²) in [6.45, 7) is 2.94. The van der Waals surface area contributed by atoms with Crippen LogP contribution in [-0.2, 0) is 4.79 Å². The number of amides is 2. The number of piperidine rings is 1. The van der Waals surface area contributed by atoms with Crippen LogP contribution in [0.5, 0.6) is 5.75 Å². The molecular formula is C21H24N2O3. The van der Waals surface area contributed by atoms with Gasteiger partial charge in [-0.3, -0.25) is 9.59 Å². The number of benzene rings is 2. The van der Waals surface area contributed by atoms with Crippen LogP contribution in [0.1, 0.15) is 36.5 Å². The highest BCUT2D eigenvalue weighted by Gasteiger charge is 2.23. The summed E-state index contributed by atoms with van der Waals surface area (Å²) in [5, 5.41) is 2.84. The molecule has 26 heavy (non-hydrogen) atoms. The summed E-state index contributed by atoms with van der Waals surface area (Å²) < 4.78 is 5.61. The normalized spacial score (nSPS) is 16.8. The fourth-order valence-electron chi connectivity index (χ4n) is 3.12. The van der Waals surface area contributed by atoms with Crippen LogP contribution in [0.2, 0.25) is 0 Å². The van der Waals surface area contributed by atoms with Crippen LogP contribution in [0.4, 0.5) is 5.69 Å². The van der Waals surface area contributed by atoms with Crippen molar-refractivity contribution in [3.63, 3.8) is 0 Å². The lowest BCUT2D eigenvalue weighted by Crippen LogP contribution is -2.44. The first-order chi connectivity index (χ1) is 12.6. The van der Waals surface area contributed by atoms with Crippen molar-refractivity contribution < 1.29 is 14.3 Å². The topological polar surface area (TPSA) is 58.6 Å². The zero-order valence-corrected chi connectivity index (χ0v) is 15.0. The van der Waals surface area contributed by atoms with Gasteiger partial charge in [0.05, 0.1) is 0 Å². The zero-order chi connectivity index (χ0) is 18.4. The minimum Gasteiger partial charge on any atom is -0.484 e. The molecule has 136 valence electrons. The Morgan fingerprint density at radius 3 is 2.50 bits per heavy atom. The molecule has 0 spiro atoms. The first kappa shape index (κ1) is 18.0. The SMILES string of the molecule is C[C@H]1CCCCN1C(=O)COc1ccc(NC(=O)c2ccccc2)cc1. The zero-order valence-electron chi connectivity index (χ0n) is 15.0. The maximum atomic E-state index is 12.3. The molecule has 3 rings (SSSR count). The Labute approximate surface area is 154 Å². The lowest BCUT2D eigenvalue weighted by atomic mass is 10.0. The Morgan fingerprint density at radius 1 is 1.08 bits per heavy atom. The van der Waals surface area contributed by atoms with E-state index in [-0.39, 0.29) is 24.5 Å². The minimum absolute atomic E-state index is 0.0265. The number of anilines is 1. The predicted octanol–water partition coefficient (Wildman–Crippen LogP) is 3.72. The number of rotatable bonds is 5. The second-order valence-corrected chi connectivity index (χ2v) is 6.57. The van der Waals surface area contributed by atoms with Gasteiger partial charge in [0.25, 0.3) is 11.8 Å². The van der Waals surface area contributed by atoms with Crippen LogP contribution in [0.25, 0.3) is 0 Å². The van der Waals surface area contributed by atoms with Crippen LogP contribution >= 0.6 is 0 Å². The molecule has 2 amide bonds. The molecule has 0 unspecified atom stereocenters. The van der Waals surface area contributed by atoms with Crippen molar-refractivity contribution in [2.75, 3.05) is 18.5 Å². The molecular weight excluding hydrogens is 328 g/mol. The number of carbonyl (C=O) groups excluding carboxylic acids is 2. The summed E-state index contributed by atoms with van der Waals surface area (Å²) in [5.41, 5.74) is 1.29. The Kier molecular flexibility index (Phi) is 5.89. The summed E-state index contributed by atoms with van der Waals surface area (Å²) in [4.78, 5) is 26.3. The summed E-state index contributed by atoms with van der Waals surface area (Å²) >= 11 is 0. The van der Waals surface area contributed by atoms with Gasteiger partial charge in [-0.25, -0.2) is 0 Å². The summed E-state index contributed by atoms with van der Waals surface area (Å²) in [6, 6.07) is 16.4. The van der Waals surface area contributed by atoms with Gasteiger partial charge >= 0.3 is 0 Å². The van der Waals surface area contributed by atoms with Gasteiger partial charge in [0.2, 0.25) is 0 Å². The van der Waals surface area contributed by atoms with E-state index in [1.54, 1.807) is 36.4 Å². The molecule has 0 bridgehead atoms. The quantitative estimate of drug-likeness (QED) is 0.892. The van der Waals surface area contributed by atoms with Gasteiger partial charge in [0.15, 0.2) is 6.61 Å². The Bertz CT molecular complexity index is 744. The minimum atomic E-state index is -0.159. The van der Waals surface area contributed by atoms with E-state index in [0.29, 0.717) is 17.0 Å². The van der Waals surface area contributed by atoms with Crippen LogP contribution < -0.4 is 10.1 Å². The van der Waals surface area contributed by atoms with Crippen molar-refractivity contribution in [1.82, 2.24) is 4.90 Å². The Hall–Kier alpha value is -2.82. The summed E-state index contributed by atoms with van der Waals surface area (Å²) in [6.07, 6.45) is 3.30. The molecule has 1 saturated heterocycles. The van der Waals surface area contributed by atoms with E-state index in [9.17, 15) is 9.59 Å². The molecule has 1 aliphatic rings. The molecule has 1 aliphatic heterocycles. The highest BCUT2D eigenvalue weighted by Crippen LogP contribution is 2.19. The summed E-state index contributed by atoms with van der Waals surface area (Å²) in [5.74, 6) is 0.480. The molecule has 0 saturated carbocycles. The van der Waals surface area contributed by atoms with E-state index in [1.807, 2.05) is 23.1 Å². The third-order valence-corrected chi connectivity index (χ3v) is 4.63. The smallest absolute Gasteiger partial charge is 0.260 e. The van der Waals surface area contributed by atoms with E-state index >= 15 is 0 Å². The molecule has 1 N–H and O–H groups in total. The average molecular weight is 352 g/mol. The van der Waals surface area contributed by atoms with Crippen molar-refractivity contribution in [2.24, 2.45) is 0 Å². The van der Waals surface area contributed by atoms with E-state index in [1.165, 1.54) is 6.42 Å². The molecule has 2 aromatic carbocycles. The van der Waals surface area contributed by atoms with Crippen molar-refractivity contribution in [3.8, 4) is 5.75 Å². The number of likely N-dealkylation sites (tertiary alicyclic amines) is 1. The van der Waals surface area contributed by atoms with E-state index in [0.717, 1.165) is 19.4 Å². The fraction of sp³-hybridized carbons (Fsp3) is 0.333. The lowest BCUT2D eigenvalue weighted by molar-refractivity contribution is -0.136. The first-order valence-electron chi connectivity index (χ1n) is 9.02. The molecule has 1 atom stereocenters. The standard InChI is InChI=1S/C21H24N2O3/c1-16-7-5-6-14-23(16)20(24)15-26-19-12-10-18(11-13-19)22-21(25)17-8-3-2-4-9-17/h2-4,8-13,16H,5-7,14-15H2,1H3,(H,22,25)/t16-/m0/s1. The molecule has 5 nitrogen and oxygen atoms in total. The number of hydrogen-bond donors (Lipinski definition) is 1. The van der Waals surface area contributed by atoms with Gasteiger partial charge in [-0.2, -0.15) is 0 Å². The first-order valence-corrected chi connectivity index (χ1v) is 9.02. The molecule has 0 radical (unpaired) electrons. The highest BCUT2D eigenvalue weighted by molar-refractivity contribution is 6.04. The Balaban J connectivity index is 1.51. The second kappa shape index (κ2) is 8.52. The van der Waals surface area contributed by atoms with E-state index in [4.69, 9.17) is 4.74 Å². The second-order valence-electron chi connectivity index (χ2n) is 6.57. The number of nitrogens with zero attached hydrogens (tertiary/aromatic N) is 1. The van der Waals surface area contributed by atoms with Gasteiger partial charge in [0.1, 0.15) is 5.75 Å². The van der Waals surface area contributed by atoms with Crippen molar-refractivity contribution in [1.29, 1.82) is 0 Å². The van der Waals surface area contributed by atoms with Crippen LogP contribution in [0, 0.1) is 0 Å². The fourth-order valence-corrected chi connectivity index (χ4v) is 3.12. The van der Waals surface area contributed by atoms with Gasteiger partial charge in [-0.15, -0.1) is 0 Å². The average Bonchev–Trinajstić information content (AvgIpc) is 2.68. The number of nitrogens with one attached hydrogen (secondary N) is 1. The molecule has 1 fully saturated rings. The predicted molar refractivity (Wildman–Crippen MR) is 101 cm³/mol. The third-order valence-electron chi connectivity index (χ3n) is 4.63.